The largest absolute Gasteiger partial charge is 0.462 e. The quantitative estimate of drug-likeness (QED) is 0.0262. The number of esters is 3. The van der Waals surface area contributed by atoms with E-state index < -0.39 is 6.10 Å². The van der Waals surface area contributed by atoms with Gasteiger partial charge < -0.3 is 14.2 Å². The summed E-state index contributed by atoms with van der Waals surface area (Å²) in [4.78, 5) is 37.9. The molecule has 0 N–H and O–H groups in total. The van der Waals surface area contributed by atoms with Gasteiger partial charge in [0.2, 0.25) is 0 Å². The third kappa shape index (κ3) is 48.4. The molecule has 6 heteroatoms. The zero-order valence-corrected chi connectivity index (χ0v) is 41.1. The van der Waals surface area contributed by atoms with E-state index >= 15 is 0 Å². The molecule has 1 atom stereocenters. The Labute approximate surface area is 384 Å². The zero-order chi connectivity index (χ0) is 45.1. The first-order valence-electron chi connectivity index (χ1n) is 26.6. The fourth-order valence-electron chi connectivity index (χ4n) is 7.50. The van der Waals surface area contributed by atoms with Gasteiger partial charge in [0.05, 0.1) is 0 Å². The molecular weight excluding hydrogens is 769 g/mol. The molecule has 0 bridgehead atoms. The van der Waals surface area contributed by atoms with E-state index in [1.807, 2.05) is 0 Å². The molecule has 0 amide bonds. The minimum absolute atomic E-state index is 0.0783. The monoisotopic (exact) mass is 869 g/mol. The van der Waals surface area contributed by atoms with Crippen molar-refractivity contribution in [1.82, 2.24) is 0 Å². The summed E-state index contributed by atoms with van der Waals surface area (Å²) in [6.07, 6.45) is 60.9. The van der Waals surface area contributed by atoms with Gasteiger partial charge in [0.15, 0.2) is 6.10 Å². The molecule has 0 aliphatic carbocycles. The average molecular weight is 869 g/mol. The highest BCUT2D eigenvalue weighted by Gasteiger charge is 2.19. The van der Waals surface area contributed by atoms with E-state index in [2.05, 4.69) is 69.4 Å². The molecule has 0 spiro atoms. The summed E-state index contributed by atoms with van der Waals surface area (Å²) in [6, 6.07) is 0. The van der Waals surface area contributed by atoms with Crippen LogP contribution in [-0.4, -0.2) is 37.2 Å². The van der Waals surface area contributed by atoms with Crippen molar-refractivity contribution in [2.24, 2.45) is 0 Å². The maximum Gasteiger partial charge on any atom is 0.306 e. The van der Waals surface area contributed by atoms with E-state index in [0.717, 1.165) is 89.9 Å². The summed E-state index contributed by atoms with van der Waals surface area (Å²) in [5.74, 6) is -0.891. The van der Waals surface area contributed by atoms with Gasteiger partial charge in [-0.2, -0.15) is 0 Å². The lowest BCUT2D eigenvalue weighted by Crippen LogP contribution is -2.30. The Morgan fingerprint density at radius 2 is 0.581 bits per heavy atom. The molecule has 0 saturated carbocycles. The minimum atomic E-state index is -0.778. The van der Waals surface area contributed by atoms with Gasteiger partial charge in [0.1, 0.15) is 13.2 Å². The summed E-state index contributed by atoms with van der Waals surface area (Å²) >= 11 is 0. The number of allylic oxidation sites excluding steroid dienone is 8. The first-order valence-corrected chi connectivity index (χ1v) is 26.6. The zero-order valence-electron chi connectivity index (χ0n) is 41.1. The first-order chi connectivity index (χ1) is 30.5. The summed E-state index contributed by atoms with van der Waals surface area (Å²) in [6.45, 7) is 6.58. The van der Waals surface area contributed by atoms with Crippen molar-refractivity contribution in [3.63, 3.8) is 0 Å². The van der Waals surface area contributed by atoms with Crippen molar-refractivity contribution in [3.05, 3.63) is 48.6 Å². The van der Waals surface area contributed by atoms with Gasteiger partial charge in [-0.25, -0.2) is 0 Å². The predicted molar refractivity (Wildman–Crippen MR) is 265 cm³/mol. The molecule has 0 aromatic carbocycles. The molecule has 62 heavy (non-hydrogen) atoms. The number of carbonyl (C=O) groups is 3. The Morgan fingerprint density at radius 3 is 0.935 bits per heavy atom. The number of rotatable bonds is 48. The highest BCUT2D eigenvalue weighted by molar-refractivity contribution is 5.71. The number of ether oxygens (including phenoxy) is 3. The summed E-state index contributed by atoms with van der Waals surface area (Å²) in [5.41, 5.74) is 0. The number of hydrogen-bond donors (Lipinski definition) is 0. The van der Waals surface area contributed by atoms with Gasteiger partial charge in [-0.3, -0.25) is 14.4 Å². The van der Waals surface area contributed by atoms with E-state index in [-0.39, 0.29) is 31.1 Å². The SMILES string of the molecule is CCCCC/C=C\C/C=C\CCCCCCCCCCCC(=O)OCC(COC(=O)CCCCCCCCCCC)OC(=O)CCCCCCC/C=C\C/C=C\CCCCCC. The lowest BCUT2D eigenvalue weighted by atomic mass is 10.1. The Kier molecular flexibility index (Phi) is 48.8. The summed E-state index contributed by atoms with van der Waals surface area (Å²) < 4.78 is 16.8. The van der Waals surface area contributed by atoms with Crippen LogP contribution in [0.2, 0.25) is 0 Å². The lowest BCUT2D eigenvalue weighted by Gasteiger charge is -2.18. The van der Waals surface area contributed by atoms with E-state index in [1.54, 1.807) is 0 Å². The Balaban J connectivity index is 4.31. The third-order valence-electron chi connectivity index (χ3n) is 11.6. The maximum atomic E-state index is 12.8. The van der Waals surface area contributed by atoms with Crippen LogP contribution in [0.15, 0.2) is 48.6 Å². The fraction of sp³-hybridized carbons (Fsp3) is 0.804. The van der Waals surface area contributed by atoms with Crippen LogP contribution in [-0.2, 0) is 28.6 Å². The Hall–Kier alpha value is -2.63. The van der Waals surface area contributed by atoms with Gasteiger partial charge in [-0.15, -0.1) is 0 Å². The second-order valence-corrected chi connectivity index (χ2v) is 17.8. The molecule has 1 unspecified atom stereocenters. The van der Waals surface area contributed by atoms with Crippen molar-refractivity contribution in [2.45, 2.75) is 277 Å². The first kappa shape index (κ1) is 59.4. The molecular formula is C56H100O6. The molecule has 0 fully saturated rings. The van der Waals surface area contributed by atoms with Crippen LogP contribution in [0.1, 0.15) is 271 Å². The molecule has 0 aromatic heterocycles. The fourth-order valence-corrected chi connectivity index (χ4v) is 7.50. The van der Waals surface area contributed by atoms with Gasteiger partial charge >= 0.3 is 17.9 Å². The highest BCUT2D eigenvalue weighted by atomic mass is 16.6. The standard InChI is InChI=1S/C56H100O6/c1-4-7-10-13-16-19-21-23-25-27-28-29-31-32-34-37-40-43-46-49-55(58)61-52-53(51-60-54(57)48-45-42-39-36-18-15-12-9-6-3)62-56(59)50-47-44-41-38-35-33-30-26-24-22-20-17-14-11-8-5-2/h16,19-20,22-23,25-26,30,53H,4-15,17-18,21,24,27-29,31-52H2,1-3H3/b19-16-,22-20-,25-23-,30-26-. The predicted octanol–water partition coefficient (Wildman–Crippen LogP) is 17.5. The Bertz CT molecular complexity index is 1090. The second-order valence-electron chi connectivity index (χ2n) is 17.8. The van der Waals surface area contributed by atoms with Crippen molar-refractivity contribution in [2.75, 3.05) is 13.2 Å². The smallest absolute Gasteiger partial charge is 0.306 e. The van der Waals surface area contributed by atoms with E-state index in [4.69, 9.17) is 14.2 Å². The van der Waals surface area contributed by atoms with Crippen molar-refractivity contribution in [1.29, 1.82) is 0 Å². The van der Waals surface area contributed by atoms with Crippen LogP contribution < -0.4 is 0 Å². The highest BCUT2D eigenvalue weighted by Crippen LogP contribution is 2.15. The van der Waals surface area contributed by atoms with Crippen molar-refractivity contribution in [3.8, 4) is 0 Å². The Morgan fingerprint density at radius 1 is 0.323 bits per heavy atom. The van der Waals surface area contributed by atoms with Crippen LogP contribution in [0, 0.1) is 0 Å². The number of unbranched alkanes of at least 4 members (excludes halogenated alkanes) is 29. The molecule has 0 radical (unpaired) electrons. The topological polar surface area (TPSA) is 78.9 Å². The van der Waals surface area contributed by atoms with Gasteiger partial charge in [-0.05, 0) is 83.5 Å². The van der Waals surface area contributed by atoms with E-state index in [9.17, 15) is 14.4 Å². The van der Waals surface area contributed by atoms with E-state index in [0.29, 0.717) is 19.3 Å². The molecule has 0 rings (SSSR count). The van der Waals surface area contributed by atoms with Crippen LogP contribution in [0.3, 0.4) is 0 Å². The van der Waals surface area contributed by atoms with Crippen LogP contribution in [0.5, 0.6) is 0 Å². The molecule has 0 heterocycles. The van der Waals surface area contributed by atoms with Crippen LogP contribution in [0.25, 0.3) is 0 Å². The van der Waals surface area contributed by atoms with E-state index in [1.165, 1.54) is 141 Å². The summed E-state index contributed by atoms with van der Waals surface area (Å²) in [7, 11) is 0. The van der Waals surface area contributed by atoms with Gasteiger partial charge in [-0.1, -0.05) is 217 Å². The minimum Gasteiger partial charge on any atom is -0.462 e. The van der Waals surface area contributed by atoms with Crippen molar-refractivity contribution >= 4 is 17.9 Å². The molecule has 0 aromatic rings. The molecule has 6 nitrogen and oxygen atoms in total. The second kappa shape index (κ2) is 51.0. The number of carbonyl (C=O) groups excluding carboxylic acids is 3. The maximum absolute atomic E-state index is 12.8. The summed E-state index contributed by atoms with van der Waals surface area (Å²) in [5, 5.41) is 0. The normalized spacial score (nSPS) is 12.4. The molecule has 0 aliphatic rings. The van der Waals surface area contributed by atoms with Crippen LogP contribution in [0.4, 0.5) is 0 Å². The lowest BCUT2D eigenvalue weighted by molar-refractivity contribution is -0.167. The average Bonchev–Trinajstić information content (AvgIpc) is 3.27. The molecule has 0 saturated heterocycles. The molecule has 0 aliphatic heterocycles. The number of hydrogen-bond acceptors (Lipinski definition) is 6. The molecule has 360 valence electrons. The third-order valence-corrected chi connectivity index (χ3v) is 11.6. The van der Waals surface area contributed by atoms with Gasteiger partial charge in [0, 0.05) is 19.3 Å². The van der Waals surface area contributed by atoms with Gasteiger partial charge in [0.25, 0.3) is 0 Å². The van der Waals surface area contributed by atoms with Crippen molar-refractivity contribution < 1.29 is 28.6 Å². The van der Waals surface area contributed by atoms with Crippen LogP contribution >= 0.6 is 0 Å².